The van der Waals surface area contributed by atoms with E-state index in [0.29, 0.717) is 12.6 Å². The molecule has 4 heteroatoms. The highest BCUT2D eigenvalue weighted by Gasteiger charge is 2.17. The molecule has 0 spiro atoms. The van der Waals surface area contributed by atoms with Crippen molar-refractivity contribution in [2.45, 2.75) is 45.1 Å². The van der Waals surface area contributed by atoms with E-state index < -0.39 is 5.97 Å². The summed E-state index contributed by atoms with van der Waals surface area (Å²) in [6.07, 6.45) is 5.07. The number of hydrogen-bond donors (Lipinski definition) is 2. The number of nitrogens with one attached hydrogen (secondary N) is 1. The van der Waals surface area contributed by atoms with E-state index in [-0.39, 0.29) is 6.42 Å². The third kappa shape index (κ3) is 5.47. The number of rotatable bonds is 8. The summed E-state index contributed by atoms with van der Waals surface area (Å²) in [7, 11) is 0. The Morgan fingerprint density at radius 3 is 2.88 bits per heavy atom. The molecule has 1 rings (SSSR count). The third-order valence-corrected chi connectivity index (χ3v) is 3.11. The molecule has 4 nitrogen and oxygen atoms in total. The van der Waals surface area contributed by atoms with Crippen LogP contribution in [0, 0.1) is 0 Å². The lowest BCUT2D eigenvalue weighted by Crippen LogP contribution is -2.39. The first kappa shape index (κ1) is 13.5. The van der Waals surface area contributed by atoms with Crippen LogP contribution in [0.25, 0.3) is 0 Å². The van der Waals surface area contributed by atoms with Gasteiger partial charge in [0.15, 0.2) is 0 Å². The van der Waals surface area contributed by atoms with Crippen molar-refractivity contribution < 1.29 is 9.90 Å². The molecule has 1 saturated heterocycles. The summed E-state index contributed by atoms with van der Waals surface area (Å²) >= 11 is 0. The van der Waals surface area contributed by atoms with Crippen LogP contribution in [0.2, 0.25) is 0 Å². The van der Waals surface area contributed by atoms with Crippen molar-refractivity contribution in [1.29, 1.82) is 0 Å². The maximum Gasteiger partial charge on any atom is 0.304 e. The van der Waals surface area contributed by atoms with Crippen molar-refractivity contribution in [1.82, 2.24) is 10.2 Å². The Balaban J connectivity index is 2.26. The Hall–Kier alpha value is -0.610. The second kappa shape index (κ2) is 7.63. The summed E-state index contributed by atoms with van der Waals surface area (Å²) in [5, 5.41) is 12.2. The summed E-state index contributed by atoms with van der Waals surface area (Å²) in [6.45, 7) is 6.01. The SMILES string of the molecule is CCCCN(CCC(=O)O)CC1CCCN1. The first-order chi connectivity index (χ1) is 7.72. The number of carboxylic acid groups (broad SMARTS) is 1. The number of unbranched alkanes of at least 4 members (excludes halogenated alkanes) is 1. The van der Waals surface area contributed by atoms with Gasteiger partial charge in [-0.05, 0) is 32.4 Å². The number of carbonyl (C=O) groups is 1. The van der Waals surface area contributed by atoms with Crippen LogP contribution in [-0.4, -0.2) is 48.2 Å². The molecule has 0 saturated carbocycles. The van der Waals surface area contributed by atoms with Gasteiger partial charge in [0.25, 0.3) is 0 Å². The number of hydrogen-bond acceptors (Lipinski definition) is 3. The highest BCUT2D eigenvalue weighted by molar-refractivity contribution is 5.66. The highest BCUT2D eigenvalue weighted by atomic mass is 16.4. The van der Waals surface area contributed by atoms with Gasteiger partial charge in [0.2, 0.25) is 0 Å². The molecule has 0 aromatic heterocycles. The van der Waals surface area contributed by atoms with E-state index in [1.807, 2.05) is 0 Å². The minimum atomic E-state index is -0.694. The first-order valence-electron chi connectivity index (χ1n) is 6.40. The van der Waals surface area contributed by atoms with Gasteiger partial charge in [0, 0.05) is 19.1 Å². The first-order valence-corrected chi connectivity index (χ1v) is 6.40. The molecule has 94 valence electrons. The molecule has 1 aliphatic heterocycles. The standard InChI is InChI=1S/C12H24N2O2/c1-2-3-8-14(9-6-12(15)16)10-11-5-4-7-13-11/h11,13H,2-10H2,1H3,(H,15,16). The molecular weight excluding hydrogens is 204 g/mol. The Morgan fingerprint density at radius 1 is 1.50 bits per heavy atom. The van der Waals surface area contributed by atoms with Gasteiger partial charge in [-0.1, -0.05) is 13.3 Å². The number of carboxylic acids is 1. The quantitative estimate of drug-likeness (QED) is 0.658. The molecular formula is C12H24N2O2. The van der Waals surface area contributed by atoms with Crippen molar-refractivity contribution in [3.05, 3.63) is 0 Å². The molecule has 0 radical (unpaired) electrons. The molecule has 1 aliphatic rings. The predicted molar refractivity (Wildman–Crippen MR) is 64.6 cm³/mol. The molecule has 0 amide bonds. The minimum Gasteiger partial charge on any atom is -0.481 e. The fourth-order valence-corrected chi connectivity index (χ4v) is 2.15. The van der Waals surface area contributed by atoms with Crippen molar-refractivity contribution in [3.63, 3.8) is 0 Å². The lowest BCUT2D eigenvalue weighted by molar-refractivity contribution is -0.137. The molecule has 2 N–H and O–H groups in total. The zero-order valence-corrected chi connectivity index (χ0v) is 10.2. The van der Waals surface area contributed by atoms with Crippen molar-refractivity contribution in [2.75, 3.05) is 26.2 Å². The van der Waals surface area contributed by atoms with Crippen LogP contribution >= 0.6 is 0 Å². The predicted octanol–water partition coefficient (Wildman–Crippen LogP) is 1.32. The van der Waals surface area contributed by atoms with E-state index in [4.69, 9.17) is 5.11 Å². The lowest BCUT2D eigenvalue weighted by Gasteiger charge is -2.24. The van der Waals surface area contributed by atoms with Crippen LogP contribution in [-0.2, 0) is 4.79 Å². The van der Waals surface area contributed by atoms with Gasteiger partial charge in [-0.3, -0.25) is 4.79 Å². The summed E-state index contributed by atoms with van der Waals surface area (Å²) < 4.78 is 0. The van der Waals surface area contributed by atoms with Crippen LogP contribution in [0.3, 0.4) is 0 Å². The summed E-state index contributed by atoms with van der Waals surface area (Å²) in [6, 6.07) is 0.575. The van der Waals surface area contributed by atoms with Gasteiger partial charge in [0.05, 0.1) is 6.42 Å². The van der Waals surface area contributed by atoms with E-state index in [1.165, 1.54) is 19.3 Å². The molecule has 16 heavy (non-hydrogen) atoms. The van der Waals surface area contributed by atoms with Gasteiger partial charge in [-0.15, -0.1) is 0 Å². The van der Waals surface area contributed by atoms with Gasteiger partial charge >= 0.3 is 5.97 Å². The molecule has 1 heterocycles. The Labute approximate surface area is 98.0 Å². The van der Waals surface area contributed by atoms with E-state index in [1.54, 1.807) is 0 Å². The van der Waals surface area contributed by atoms with Crippen LogP contribution in [0.4, 0.5) is 0 Å². The smallest absolute Gasteiger partial charge is 0.304 e. The monoisotopic (exact) mass is 228 g/mol. The van der Waals surface area contributed by atoms with Crippen molar-refractivity contribution in [3.8, 4) is 0 Å². The van der Waals surface area contributed by atoms with Crippen LogP contribution in [0.5, 0.6) is 0 Å². The maximum atomic E-state index is 10.6. The largest absolute Gasteiger partial charge is 0.481 e. The second-order valence-electron chi connectivity index (χ2n) is 4.59. The normalized spacial score (nSPS) is 20.5. The summed E-state index contributed by atoms with van der Waals surface area (Å²) in [5.74, 6) is -0.694. The number of aliphatic carboxylic acids is 1. The summed E-state index contributed by atoms with van der Waals surface area (Å²) in [4.78, 5) is 12.9. The molecule has 0 aliphatic carbocycles. The molecule has 0 bridgehead atoms. The van der Waals surface area contributed by atoms with E-state index >= 15 is 0 Å². The molecule has 1 fully saturated rings. The Kier molecular flexibility index (Phi) is 6.42. The van der Waals surface area contributed by atoms with E-state index in [9.17, 15) is 4.79 Å². The van der Waals surface area contributed by atoms with Crippen LogP contribution in [0.15, 0.2) is 0 Å². The van der Waals surface area contributed by atoms with Gasteiger partial charge in [-0.2, -0.15) is 0 Å². The average Bonchev–Trinajstić information content (AvgIpc) is 2.74. The second-order valence-corrected chi connectivity index (χ2v) is 4.59. The van der Waals surface area contributed by atoms with Crippen LogP contribution in [0.1, 0.15) is 39.0 Å². The summed E-state index contributed by atoms with van der Waals surface area (Å²) in [5.41, 5.74) is 0. The van der Waals surface area contributed by atoms with Gasteiger partial charge in [0.1, 0.15) is 0 Å². The Bertz CT molecular complexity index is 203. The van der Waals surface area contributed by atoms with Crippen molar-refractivity contribution >= 4 is 5.97 Å². The molecule has 0 aromatic carbocycles. The van der Waals surface area contributed by atoms with Crippen LogP contribution < -0.4 is 5.32 Å². The minimum absolute atomic E-state index is 0.260. The maximum absolute atomic E-state index is 10.6. The van der Waals surface area contributed by atoms with Gasteiger partial charge in [-0.25, -0.2) is 0 Å². The molecule has 0 aromatic rings. The van der Waals surface area contributed by atoms with Crippen molar-refractivity contribution in [2.24, 2.45) is 0 Å². The lowest BCUT2D eigenvalue weighted by atomic mass is 10.2. The zero-order valence-electron chi connectivity index (χ0n) is 10.2. The fraction of sp³-hybridized carbons (Fsp3) is 0.917. The zero-order chi connectivity index (χ0) is 11.8. The molecule has 1 atom stereocenters. The molecule has 1 unspecified atom stereocenters. The Morgan fingerprint density at radius 2 is 2.31 bits per heavy atom. The topological polar surface area (TPSA) is 52.6 Å². The average molecular weight is 228 g/mol. The van der Waals surface area contributed by atoms with E-state index in [2.05, 4.69) is 17.1 Å². The number of nitrogens with zero attached hydrogens (tertiary/aromatic N) is 1. The third-order valence-electron chi connectivity index (χ3n) is 3.11. The highest BCUT2D eigenvalue weighted by Crippen LogP contribution is 2.08. The van der Waals surface area contributed by atoms with E-state index in [0.717, 1.165) is 26.1 Å². The van der Waals surface area contributed by atoms with Gasteiger partial charge < -0.3 is 15.3 Å². The fourth-order valence-electron chi connectivity index (χ4n) is 2.15.